The van der Waals surface area contributed by atoms with Gasteiger partial charge in [0.1, 0.15) is 5.82 Å². The van der Waals surface area contributed by atoms with Gasteiger partial charge < -0.3 is 10.6 Å². The fourth-order valence-electron chi connectivity index (χ4n) is 2.38. The summed E-state index contributed by atoms with van der Waals surface area (Å²) in [6.07, 6.45) is 0. The van der Waals surface area contributed by atoms with E-state index in [0.717, 1.165) is 25.2 Å². The standard InChI is InChI=1S/C16H27FN2/c1-12(2)9-19(10-13(3)4)11-16(18)14-6-5-7-15(17)8-14/h5-8,12-13,16H,9-11,18H2,1-4H3. The summed E-state index contributed by atoms with van der Waals surface area (Å²) in [5.74, 6) is 1.00. The van der Waals surface area contributed by atoms with Gasteiger partial charge in [0, 0.05) is 25.7 Å². The molecule has 0 aliphatic carbocycles. The summed E-state index contributed by atoms with van der Waals surface area (Å²) in [5.41, 5.74) is 7.08. The van der Waals surface area contributed by atoms with Gasteiger partial charge >= 0.3 is 0 Å². The van der Waals surface area contributed by atoms with Crippen LogP contribution in [0.15, 0.2) is 24.3 Å². The molecule has 2 nitrogen and oxygen atoms in total. The zero-order valence-corrected chi connectivity index (χ0v) is 12.6. The smallest absolute Gasteiger partial charge is 0.123 e. The van der Waals surface area contributed by atoms with Crippen molar-refractivity contribution >= 4 is 0 Å². The number of benzene rings is 1. The minimum Gasteiger partial charge on any atom is -0.323 e. The van der Waals surface area contributed by atoms with Gasteiger partial charge in [-0.25, -0.2) is 4.39 Å². The fourth-order valence-corrected chi connectivity index (χ4v) is 2.38. The van der Waals surface area contributed by atoms with Gasteiger partial charge in [-0.05, 0) is 29.5 Å². The second-order valence-corrected chi connectivity index (χ2v) is 6.17. The van der Waals surface area contributed by atoms with Crippen molar-refractivity contribution in [2.45, 2.75) is 33.7 Å². The first-order valence-electron chi connectivity index (χ1n) is 7.12. The molecule has 0 aromatic heterocycles. The molecule has 0 amide bonds. The van der Waals surface area contributed by atoms with Crippen LogP contribution in [-0.4, -0.2) is 24.5 Å². The summed E-state index contributed by atoms with van der Waals surface area (Å²) in [5, 5.41) is 0. The van der Waals surface area contributed by atoms with E-state index in [2.05, 4.69) is 32.6 Å². The van der Waals surface area contributed by atoms with E-state index < -0.39 is 0 Å². The summed E-state index contributed by atoms with van der Waals surface area (Å²) >= 11 is 0. The van der Waals surface area contributed by atoms with E-state index in [1.54, 1.807) is 6.07 Å². The van der Waals surface area contributed by atoms with E-state index in [1.165, 1.54) is 12.1 Å². The third-order valence-corrected chi connectivity index (χ3v) is 2.98. The first-order chi connectivity index (χ1) is 8.88. The maximum atomic E-state index is 13.2. The van der Waals surface area contributed by atoms with Gasteiger partial charge in [-0.3, -0.25) is 0 Å². The molecule has 0 radical (unpaired) electrons. The molecular weight excluding hydrogens is 239 g/mol. The van der Waals surface area contributed by atoms with E-state index in [-0.39, 0.29) is 11.9 Å². The topological polar surface area (TPSA) is 29.3 Å². The summed E-state index contributed by atoms with van der Waals surface area (Å²) in [7, 11) is 0. The Labute approximate surface area is 116 Å². The van der Waals surface area contributed by atoms with Gasteiger partial charge in [0.15, 0.2) is 0 Å². The Kier molecular flexibility index (Phi) is 6.46. The molecule has 1 unspecified atom stereocenters. The first-order valence-corrected chi connectivity index (χ1v) is 7.12. The number of rotatable bonds is 7. The van der Waals surface area contributed by atoms with Gasteiger partial charge in [0.05, 0.1) is 0 Å². The van der Waals surface area contributed by atoms with Gasteiger partial charge in [0.25, 0.3) is 0 Å². The number of nitrogens with zero attached hydrogens (tertiary/aromatic N) is 1. The highest BCUT2D eigenvalue weighted by Gasteiger charge is 2.15. The third-order valence-electron chi connectivity index (χ3n) is 2.98. The van der Waals surface area contributed by atoms with Crippen LogP contribution in [0.2, 0.25) is 0 Å². The van der Waals surface area contributed by atoms with Crippen LogP contribution >= 0.6 is 0 Å². The number of hydrogen-bond donors (Lipinski definition) is 1. The molecule has 0 aliphatic heterocycles. The molecule has 108 valence electrons. The van der Waals surface area contributed by atoms with Crippen molar-refractivity contribution in [3.63, 3.8) is 0 Å². The van der Waals surface area contributed by atoms with Gasteiger partial charge in [0.2, 0.25) is 0 Å². The van der Waals surface area contributed by atoms with Crippen molar-refractivity contribution in [2.75, 3.05) is 19.6 Å². The van der Waals surface area contributed by atoms with Crippen LogP contribution in [-0.2, 0) is 0 Å². The van der Waals surface area contributed by atoms with E-state index in [1.807, 2.05) is 6.07 Å². The maximum absolute atomic E-state index is 13.2. The molecule has 0 aliphatic rings. The van der Waals surface area contributed by atoms with Crippen LogP contribution in [0.1, 0.15) is 39.3 Å². The van der Waals surface area contributed by atoms with Crippen LogP contribution in [0, 0.1) is 17.7 Å². The quantitative estimate of drug-likeness (QED) is 0.819. The van der Waals surface area contributed by atoms with Crippen LogP contribution < -0.4 is 5.73 Å². The summed E-state index contributed by atoms with van der Waals surface area (Å²) in [6, 6.07) is 6.48. The minimum atomic E-state index is -0.216. The van der Waals surface area contributed by atoms with Crippen LogP contribution in [0.5, 0.6) is 0 Å². The zero-order chi connectivity index (χ0) is 14.4. The van der Waals surface area contributed by atoms with Crippen LogP contribution in [0.3, 0.4) is 0 Å². The van der Waals surface area contributed by atoms with E-state index >= 15 is 0 Å². The molecule has 2 N–H and O–H groups in total. The van der Waals surface area contributed by atoms with Crippen LogP contribution in [0.4, 0.5) is 4.39 Å². The van der Waals surface area contributed by atoms with Crippen molar-refractivity contribution in [1.82, 2.24) is 4.90 Å². The number of halogens is 1. The second-order valence-electron chi connectivity index (χ2n) is 6.17. The zero-order valence-electron chi connectivity index (χ0n) is 12.6. The highest BCUT2D eigenvalue weighted by atomic mass is 19.1. The lowest BCUT2D eigenvalue weighted by atomic mass is 10.1. The Morgan fingerprint density at radius 2 is 1.63 bits per heavy atom. The molecule has 3 heteroatoms. The third kappa shape index (κ3) is 6.17. The molecule has 1 atom stereocenters. The lowest BCUT2D eigenvalue weighted by Crippen LogP contribution is -2.37. The molecule has 0 saturated heterocycles. The monoisotopic (exact) mass is 266 g/mol. The van der Waals surface area contributed by atoms with E-state index in [9.17, 15) is 4.39 Å². The molecule has 1 rings (SSSR count). The fraction of sp³-hybridized carbons (Fsp3) is 0.625. The molecule has 0 saturated carbocycles. The normalized spacial score (nSPS) is 13.5. The van der Waals surface area contributed by atoms with Crippen molar-refractivity contribution in [3.05, 3.63) is 35.6 Å². The Balaban J connectivity index is 2.66. The summed E-state index contributed by atoms with van der Waals surface area (Å²) in [4.78, 5) is 2.38. The molecule has 0 fully saturated rings. The predicted octanol–water partition coefficient (Wildman–Crippen LogP) is 3.44. The Hall–Kier alpha value is -0.930. The SMILES string of the molecule is CC(C)CN(CC(C)C)CC(N)c1cccc(F)c1. The highest BCUT2D eigenvalue weighted by Crippen LogP contribution is 2.15. The lowest BCUT2D eigenvalue weighted by molar-refractivity contribution is 0.207. The van der Waals surface area contributed by atoms with E-state index in [0.29, 0.717) is 11.8 Å². The summed E-state index contributed by atoms with van der Waals surface area (Å²) in [6.45, 7) is 11.7. The van der Waals surface area contributed by atoms with Gasteiger partial charge in [-0.15, -0.1) is 0 Å². The number of nitrogens with two attached hydrogens (primary N) is 1. The predicted molar refractivity (Wildman–Crippen MR) is 79.4 cm³/mol. The molecular formula is C16H27FN2. The van der Waals surface area contributed by atoms with Crippen molar-refractivity contribution in [2.24, 2.45) is 17.6 Å². The Morgan fingerprint density at radius 3 is 2.11 bits per heavy atom. The molecule has 0 bridgehead atoms. The largest absolute Gasteiger partial charge is 0.323 e. The molecule has 0 heterocycles. The maximum Gasteiger partial charge on any atom is 0.123 e. The molecule has 0 spiro atoms. The van der Waals surface area contributed by atoms with Gasteiger partial charge in [-0.2, -0.15) is 0 Å². The highest BCUT2D eigenvalue weighted by molar-refractivity contribution is 5.20. The Bertz CT molecular complexity index is 367. The first kappa shape index (κ1) is 16.1. The summed E-state index contributed by atoms with van der Waals surface area (Å²) < 4.78 is 13.2. The minimum absolute atomic E-state index is 0.131. The average Bonchev–Trinajstić information content (AvgIpc) is 2.26. The van der Waals surface area contributed by atoms with Crippen molar-refractivity contribution in [3.8, 4) is 0 Å². The van der Waals surface area contributed by atoms with Gasteiger partial charge in [-0.1, -0.05) is 39.8 Å². The number of hydrogen-bond acceptors (Lipinski definition) is 2. The lowest BCUT2D eigenvalue weighted by Gasteiger charge is -2.29. The van der Waals surface area contributed by atoms with E-state index in [4.69, 9.17) is 5.73 Å². The molecule has 1 aromatic carbocycles. The Morgan fingerprint density at radius 1 is 1.05 bits per heavy atom. The van der Waals surface area contributed by atoms with Crippen LogP contribution in [0.25, 0.3) is 0 Å². The average molecular weight is 266 g/mol. The van der Waals surface area contributed by atoms with Crippen molar-refractivity contribution < 1.29 is 4.39 Å². The second kappa shape index (κ2) is 7.61. The molecule has 1 aromatic rings. The van der Waals surface area contributed by atoms with Crippen molar-refractivity contribution in [1.29, 1.82) is 0 Å². The molecule has 19 heavy (non-hydrogen) atoms.